The average Bonchev–Trinajstić information content (AvgIpc) is 2.46. The molecule has 1 atom stereocenters. The van der Waals surface area contributed by atoms with Crippen molar-refractivity contribution in [2.75, 3.05) is 11.7 Å². The largest absolute Gasteiger partial charge is 0.425 e. The van der Waals surface area contributed by atoms with Gasteiger partial charge in [-0.05, 0) is 24.3 Å². The van der Waals surface area contributed by atoms with E-state index in [4.69, 9.17) is 4.74 Å². The van der Waals surface area contributed by atoms with Gasteiger partial charge in [-0.25, -0.2) is 9.18 Å². The number of rotatable bonds is 2. The van der Waals surface area contributed by atoms with Gasteiger partial charge in [-0.2, -0.15) is 16.8 Å². The third kappa shape index (κ3) is 4.46. The lowest BCUT2D eigenvalue weighted by Gasteiger charge is -2.11. The molecule has 0 amide bonds. The maximum absolute atomic E-state index is 12.7. The van der Waals surface area contributed by atoms with Gasteiger partial charge in [0.15, 0.2) is 6.10 Å². The Morgan fingerprint density at radius 3 is 2.38 bits per heavy atom. The molecule has 0 aromatic heterocycles. The Balaban J connectivity index is 2.13. The number of carbonyl (C=O) groups is 1. The quantitative estimate of drug-likeness (QED) is 0.412. The lowest BCUT2D eigenvalue weighted by molar-refractivity contribution is -0.143. The van der Waals surface area contributed by atoms with Crippen molar-refractivity contribution >= 4 is 26.2 Å². The number of hydrogen-bond acceptors (Lipinski definition) is 8. The molecular formula is C10H9FO8S2. The summed E-state index contributed by atoms with van der Waals surface area (Å²) in [5.41, 5.74) is 0. The Labute approximate surface area is 119 Å². The fourth-order valence-electron chi connectivity index (χ4n) is 1.40. The molecule has 8 nitrogen and oxygen atoms in total. The van der Waals surface area contributed by atoms with Gasteiger partial charge in [0.1, 0.15) is 18.2 Å². The molecule has 0 N–H and O–H groups in total. The van der Waals surface area contributed by atoms with E-state index in [0.717, 1.165) is 24.3 Å². The third-order valence-corrected chi connectivity index (χ3v) is 5.58. The maximum atomic E-state index is 12.7. The minimum atomic E-state index is -4.49. The first-order chi connectivity index (χ1) is 9.67. The predicted octanol–water partition coefficient (Wildman–Crippen LogP) is -0.236. The molecule has 1 aromatic carbocycles. The van der Waals surface area contributed by atoms with Gasteiger partial charge in [-0.1, -0.05) is 0 Å². The van der Waals surface area contributed by atoms with E-state index >= 15 is 0 Å². The number of hydrogen-bond donors (Lipinski definition) is 0. The van der Waals surface area contributed by atoms with Crippen molar-refractivity contribution in [1.29, 1.82) is 0 Å². The van der Waals surface area contributed by atoms with Gasteiger partial charge in [0.25, 0.3) is 20.2 Å². The smallest absolute Gasteiger partial charge is 0.344 e. The molecule has 1 saturated heterocycles. The summed E-state index contributed by atoms with van der Waals surface area (Å²) in [5, 5.41) is -1.39. The standard InChI is InChI=1S/C10H9FO8S2/c11-7-1-3-8(4-2-7)18-10(12)9-5-17-20(13,14)6-21(15,16)19-9/h1-4,9H,5-6H2. The number of halogens is 1. The summed E-state index contributed by atoms with van der Waals surface area (Å²) in [6, 6.07) is 4.31. The predicted molar refractivity (Wildman–Crippen MR) is 65.6 cm³/mol. The topological polar surface area (TPSA) is 113 Å². The first-order valence-corrected chi connectivity index (χ1v) is 8.58. The van der Waals surface area contributed by atoms with Crippen LogP contribution in [0.1, 0.15) is 0 Å². The number of benzene rings is 1. The lowest BCUT2D eigenvalue weighted by atomic mass is 10.3. The van der Waals surface area contributed by atoms with Crippen LogP contribution < -0.4 is 4.74 Å². The molecule has 1 aliphatic rings. The van der Waals surface area contributed by atoms with Crippen molar-refractivity contribution in [1.82, 2.24) is 0 Å². The van der Waals surface area contributed by atoms with Gasteiger partial charge in [0, 0.05) is 0 Å². The fourth-order valence-corrected chi connectivity index (χ4v) is 4.13. The zero-order valence-electron chi connectivity index (χ0n) is 10.3. The first kappa shape index (κ1) is 15.8. The third-order valence-electron chi connectivity index (χ3n) is 2.25. The highest BCUT2D eigenvalue weighted by Gasteiger charge is 2.37. The molecule has 116 valence electrons. The van der Waals surface area contributed by atoms with E-state index in [2.05, 4.69) is 8.37 Å². The van der Waals surface area contributed by atoms with Gasteiger partial charge in [0.2, 0.25) is 5.08 Å². The SMILES string of the molecule is O=C(Oc1ccc(F)cc1)C1COS(=O)(=O)CS(=O)(=O)O1. The molecule has 1 heterocycles. The number of ether oxygens (including phenoxy) is 1. The normalized spacial score (nSPS) is 24.0. The molecular weight excluding hydrogens is 331 g/mol. The second kappa shape index (κ2) is 5.67. The molecule has 11 heteroatoms. The highest BCUT2D eigenvalue weighted by atomic mass is 32.3. The van der Waals surface area contributed by atoms with Crippen molar-refractivity contribution in [2.24, 2.45) is 0 Å². The number of esters is 1. The van der Waals surface area contributed by atoms with Crippen molar-refractivity contribution < 1.29 is 39.1 Å². The molecule has 1 fully saturated rings. The van der Waals surface area contributed by atoms with E-state index in [1.165, 1.54) is 0 Å². The molecule has 0 radical (unpaired) electrons. The molecule has 21 heavy (non-hydrogen) atoms. The van der Waals surface area contributed by atoms with Gasteiger partial charge in [-0.3, -0.25) is 8.37 Å². The van der Waals surface area contributed by atoms with Crippen LogP contribution >= 0.6 is 0 Å². The summed E-state index contributed by atoms with van der Waals surface area (Å²) in [6.07, 6.45) is -1.77. The van der Waals surface area contributed by atoms with Crippen molar-refractivity contribution in [2.45, 2.75) is 6.10 Å². The van der Waals surface area contributed by atoms with Gasteiger partial charge >= 0.3 is 5.97 Å². The Morgan fingerprint density at radius 2 is 1.76 bits per heavy atom. The van der Waals surface area contributed by atoms with E-state index in [9.17, 15) is 26.0 Å². The van der Waals surface area contributed by atoms with Gasteiger partial charge in [0.05, 0.1) is 0 Å². The van der Waals surface area contributed by atoms with Crippen LogP contribution in [0.2, 0.25) is 0 Å². The zero-order chi connectivity index (χ0) is 15.7. The van der Waals surface area contributed by atoms with Crippen LogP contribution in [0.15, 0.2) is 24.3 Å². The highest BCUT2D eigenvalue weighted by molar-refractivity contribution is 8.03. The summed E-state index contributed by atoms with van der Waals surface area (Å²) in [6.45, 7) is -0.832. The minimum absolute atomic E-state index is 0.0606. The molecule has 0 aliphatic carbocycles. The maximum Gasteiger partial charge on any atom is 0.344 e. The summed E-state index contributed by atoms with van der Waals surface area (Å²) in [7, 11) is -8.84. The molecule has 1 aromatic rings. The monoisotopic (exact) mass is 340 g/mol. The average molecular weight is 340 g/mol. The van der Waals surface area contributed by atoms with E-state index in [1.54, 1.807) is 0 Å². The first-order valence-electron chi connectivity index (χ1n) is 5.42. The van der Waals surface area contributed by atoms with Crippen LogP contribution in [0.3, 0.4) is 0 Å². The minimum Gasteiger partial charge on any atom is -0.425 e. The second-order valence-electron chi connectivity index (χ2n) is 3.98. The second-order valence-corrected chi connectivity index (χ2v) is 7.58. The fraction of sp³-hybridized carbons (Fsp3) is 0.300. The molecule has 0 saturated carbocycles. The Bertz CT molecular complexity index is 738. The Hall–Kier alpha value is -1.56. The lowest BCUT2D eigenvalue weighted by Crippen LogP contribution is -2.33. The summed E-state index contributed by atoms with van der Waals surface area (Å²) < 4.78 is 71.2. The summed E-state index contributed by atoms with van der Waals surface area (Å²) in [5.74, 6) is -1.80. The van der Waals surface area contributed by atoms with E-state index < -0.39 is 49.8 Å². The Kier molecular flexibility index (Phi) is 4.27. The molecule has 1 aliphatic heterocycles. The highest BCUT2D eigenvalue weighted by Crippen LogP contribution is 2.17. The van der Waals surface area contributed by atoms with Crippen molar-refractivity contribution in [3.8, 4) is 5.75 Å². The molecule has 0 spiro atoms. The Morgan fingerprint density at radius 1 is 1.14 bits per heavy atom. The van der Waals surface area contributed by atoms with Crippen LogP contribution in [0.5, 0.6) is 5.75 Å². The zero-order valence-corrected chi connectivity index (χ0v) is 11.9. The van der Waals surface area contributed by atoms with Crippen molar-refractivity contribution in [3.63, 3.8) is 0 Å². The van der Waals surface area contributed by atoms with Crippen LogP contribution in [-0.4, -0.2) is 40.6 Å². The van der Waals surface area contributed by atoms with E-state index in [0.29, 0.717) is 0 Å². The van der Waals surface area contributed by atoms with E-state index in [1.807, 2.05) is 0 Å². The van der Waals surface area contributed by atoms with Crippen LogP contribution in [0.25, 0.3) is 0 Å². The molecule has 1 unspecified atom stereocenters. The molecule has 2 rings (SSSR count). The van der Waals surface area contributed by atoms with Crippen LogP contribution in [0.4, 0.5) is 4.39 Å². The number of carbonyl (C=O) groups excluding carboxylic acids is 1. The van der Waals surface area contributed by atoms with Crippen LogP contribution in [-0.2, 0) is 33.4 Å². The van der Waals surface area contributed by atoms with Crippen molar-refractivity contribution in [3.05, 3.63) is 30.1 Å². The van der Waals surface area contributed by atoms with E-state index in [-0.39, 0.29) is 5.75 Å². The van der Waals surface area contributed by atoms with Gasteiger partial charge < -0.3 is 4.74 Å². The van der Waals surface area contributed by atoms with Crippen LogP contribution in [0, 0.1) is 5.82 Å². The summed E-state index contributed by atoms with van der Waals surface area (Å²) in [4.78, 5) is 11.7. The van der Waals surface area contributed by atoms with Gasteiger partial charge in [-0.15, -0.1) is 0 Å². The molecule has 0 bridgehead atoms. The summed E-state index contributed by atoms with van der Waals surface area (Å²) >= 11 is 0.